The molecule has 1 aromatic rings. The predicted molar refractivity (Wildman–Crippen MR) is 136 cm³/mol. The van der Waals surface area contributed by atoms with Crippen molar-refractivity contribution in [1.29, 1.82) is 0 Å². The number of carboxylic acids is 1. The largest absolute Gasteiger partial charge is 0.479 e. The first kappa shape index (κ1) is 30.7. The Labute approximate surface area is 226 Å². The summed E-state index contributed by atoms with van der Waals surface area (Å²) in [6.07, 6.45) is -9.18. The Morgan fingerprint density at radius 2 is 1.82 bits per heavy atom. The van der Waals surface area contributed by atoms with Crippen molar-refractivity contribution in [2.45, 2.75) is 74.4 Å². The first-order chi connectivity index (χ1) is 18.4. The SMILES string of the molecule is BC1(O[C@@H]2OC(C(=O)O)C(OC)[C@H](O)C2OC(=O)C=Cc2ccccc2)C(O)C(CO)O[C@@H](C)C1NC(C)=O. The van der Waals surface area contributed by atoms with Crippen LogP contribution in [0.5, 0.6) is 0 Å². The molecule has 1 amide bonds. The van der Waals surface area contributed by atoms with Gasteiger partial charge in [0, 0.05) is 20.1 Å². The van der Waals surface area contributed by atoms with Crippen LogP contribution in [0.3, 0.4) is 0 Å². The van der Waals surface area contributed by atoms with Crippen LogP contribution in [-0.4, -0.2) is 120 Å². The lowest BCUT2D eigenvalue weighted by atomic mass is 9.66. The van der Waals surface area contributed by atoms with Crippen molar-refractivity contribution in [3.05, 3.63) is 42.0 Å². The smallest absolute Gasteiger partial charge is 0.335 e. The van der Waals surface area contributed by atoms with Crippen molar-refractivity contribution in [3.8, 4) is 0 Å². The highest BCUT2D eigenvalue weighted by Crippen LogP contribution is 2.36. The molecule has 0 radical (unpaired) electrons. The van der Waals surface area contributed by atoms with E-state index in [1.54, 1.807) is 37.3 Å². The Bertz CT molecular complexity index is 1040. The Hall–Kier alpha value is -2.85. The number of hydrogen-bond acceptors (Lipinski definition) is 11. The van der Waals surface area contributed by atoms with Gasteiger partial charge in [-0.2, -0.15) is 0 Å². The summed E-state index contributed by atoms with van der Waals surface area (Å²) in [4.78, 5) is 36.7. The van der Waals surface area contributed by atoms with E-state index in [0.717, 1.165) is 13.2 Å². The number of carboxylic acid groups (broad SMARTS) is 1. The van der Waals surface area contributed by atoms with Gasteiger partial charge in [0.1, 0.15) is 32.3 Å². The number of esters is 1. The third-order valence-corrected chi connectivity index (χ3v) is 6.82. The second-order valence-corrected chi connectivity index (χ2v) is 9.59. The van der Waals surface area contributed by atoms with E-state index in [-0.39, 0.29) is 0 Å². The highest BCUT2D eigenvalue weighted by atomic mass is 16.7. The maximum absolute atomic E-state index is 12.7. The van der Waals surface area contributed by atoms with Crippen LogP contribution in [0.25, 0.3) is 6.08 Å². The van der Waals surface area contributed by atoms with Gasteiger partial charge in [-0.15, -0.1) is 0 Å². The maximum Gasteiger partial charge on any atom is 0.335 e. The number of hydrogen-bond donors (Lipinski definition) is 5. The molecule has 0 saturated carbocycles. The molecule has 1 aromatic carbocycles. The van der Waals surface area contributed by atoms with E-state index in [4.69, 9.17) is 23.7 Å². The average Bonchev–Trinajstić information content (AvgIpc) is 2.90. The Balaban J connectivity index is 1.96. The molecule has 5 N–H and O–H groups in total. The fourth-order valence-corrected chi connectivity index (χ4v) is 4.87. The number of amides is 1. The summed E-state index contributed by atoms with van der Waals surface area (Å²) in [6, 6.07) is 7.83. The molecule has 14 heteroatoms. The molecular formula is C25H34BNO12. The van der Waals surface area contributed by atoms with E-state index >= 15 is 0 Å². The predicted octanol–water partition coefficient (Wildman–Crippen LogP) is -2.21. The summed E-state index contributed by atoms with van der Waals surface area (Å²) in [6.45, 7) is 2.23. The van der Waals surface area contributed by atoms with Gasteiger partial charge in [-0.3, -0.25) is 4.79 Å². The number of carbonyl (C=O) groups is 3. The Morgan fingerprint density at radius 1 is 1.15 bits per heavy atom. The lowest BCUT2D eigenvalue weighted by Crippen LogP contribution is -2.74. The van der Waals surface area contributed by atoms with Gasteiger partial charge in [0.15, 0.2) is 18.5 Å². The zero-order chi connectivity index (χ0) is 28.9. The van der Waals surface area contributed by atoms with Crippen LogP contribution in [0.15, 0.2) is 36.4 Å². The zero-order valence-electron chi connectivity index (χ0n) is 22.0. The number of aliphatic hydroxyl groups is 3. The molecule has 2 aliphatic rings. The van der Waals surface area contributed by atoms with Gasteiger partial charge in [0.25, 0.3) is 0 Å². The van der Waals surface area contributed by atoms with Crippen molar-refractivity contribution >= 4 is 31.8 Å². The summed E-state index contributed by atoms with van der Waals surface area (Å²) >= 11 is 0. The molecule has 0 spiro atoms. The average molecular weight is 551 g/mol. The molecule has 2 aliphatic heterocycles. The number of nitrogens with one attached hydrogen (secondary N) is 1. The Morgan fingerprint density at radius 3 is 2.38 bits per heavy atom. The van der Waals surface area contributed by atoms with Crippen molar-refractivity contribution < 1.29 is 58.5 Å². The van der Waals surface area contributed by atoms with Gasteiger partial charge < -0.3 is 49.4 Å². The monoisotopic (exact) mass is 551 g/mol. The molecule has 2 saturated heterocycles. The second-order valence-electron chi connectivity index (χ2n) is 9.59. The van der Waals surface area contributed by atoms with Crippen LogP contribution in [0.2, 0.25) is 0 Å². The molecule has 3 rings (SSSR count). The van der Waals surface area contributed by atoms with E-state index in [2.05, 4.69) is 5.32 Å². The van der Waals surface area contributed by atoms with E-state index in [1.807, 2.05) is 0 Å². The number of aliphatic hydroxyl groups excluding tert-OH is 3. The minimum Gasteiger partial charge on any atom is -0.479 e. The van der Waals surface area contributed by atoms with Gasteiger partial charge in [0.2, 0.25) is 5.91 Å². The first-order valence-electron chi connectivity index (χ1n) is 12.3. The zero-order valence-corrected chi connectivity index (χ0v) is 22.0. The molecule has 13 nitrogen and oxygen atoms in total. The second kappa shape index (κ2) is 13.0. The molecule has 0 aliphatic carbocycles. The molecule has 2 heterocycles. The number of rotatable bonds is 9. The van der Waals surface area contributed by atoms with E-state index in [1.165, 1.54) is 20.8 Å². The topological polar surface area (TPSA) is 190 Å². The fourth-order valence-electron chi connectivity index (χ4n) is 4.87. The summed E-state index contributed by atoms with van der Waals surface area (Å²) < 4.78 is 28.0. The van der Waals surface area contributed by atoms with Crippen molar-refractivity contribution in [2.24, 2.45) is 0 Å². The molecule has 214 valence electrons. The molecule has 7 unspecified atom stereocenters. The van der Waals surface area contributed by atoms with E-state index in [0.29, 0.717) is 5.56 Å². The summed E-state index contributed by atoms with van der Waals surface area (Å²) in [5.74, 6) is -2.87. The van der Waals surface area contributed by atoms with Crippen LogP contribution in [0, 0.1) is 0 Å². The summed E-state index contributed by atoms with van der Waals surface area (Å²) in [5.41, 5.74) is -1.07. The fraction of sp³-hybridized carbons (Fsp3) is 0.560. The highest BCUT2D eigenvalue weighted by molar-refractivity contribution is 6.16. The van der Waals surface area contributed by atoms with Crippen LogP contribution in [0.1, 0.15) is 19.4 Å². The standard InChI is InChI=1S/C25H34BNO12/c1-12-21(27-13(2)29)25(26,22(32)15(11-28)36-12)39-24-19(17(31)18(35-3)20(38-24)23(33)34)37-16(30)10-9-14-7-5-4-6-8-14/h4-10,12,15,17-22,24,28,31-32H,11,26H2,1-3H3,(H,27,29)(H,33,34)/t12-,15?,17-,18?,19?,20?,21?,22?,24-,25?/m0/s1. The highest BCUT2D eigenvalue weighted by Gasteiger charge is 2.58. The lowest BCUT2D eigenvalue weighted by molar-refractivity contribution is -0.338. The van der Waals surface area contributed by atoms with E-state index < -0.39 is 85.0 Å². The van der Waals surface area contributed by atoms with Gasteiger partial charge in [-0.25, -0.2) is 9.59 Å². The number of aliphatic carboxylic acids is 1. The minimum absolute atomic E-state index is 0.485. The van der Waals surface area contributed by atoms with Crippen LogP contribution < -0.4 is 5.32 Å². The number of carbonyl (C=O) groups excluding carboxylic acids is 2. The summed E-state index contributed by atoms with van der Waals surface area (Å²) in [7, 11) is 2.56. The van der Waals surface area contributed by atoms with Crippen LogP contribution >= 0.6 is 0 Å². The van der Waals surface area contributed by atoms with Gasteiger partial charge in [0.05, 0.1) is 24.3 Å². The first-order valence-corrected chi connectivity index (χ1v) is 12.3. The molecule has 2 fully saturated rings. The van der Waals surface area contributed by atoms with Crippen molar-refractivity contribution in [1.82, 2.24) is 5.32 Å². The van der Waals surface area contributed by atoms with Crippen LogP contribution in [-0.2, 0) is 38.1 Å². The molecule has 10 atom stereocenters. The normalized spacial score (nSPS) is 36.8. The van der Waals surface area contributed by atoms with Gasteiger partial charge >= 0.3 is 11.9 Å². The number of benzene rings is 1. The van der Waals surface area contributed by atoms with E-state index in [9.17, 15) is 34.8 Å². The number of methoxy groups -OCH3 is 1. The third kappa shape index (κ3) is 6.84. The minimum atomic E-state index is -1.77. The van der Waals surface area contributed by atoms with Crippen molar-refractivity contribution in [2.75, 3.05) is 13.7 Å². The van der Waals surface area contributed by atoms with Gasteiger partial charge in [-0.1, -0.05) is 30.3 Å². The van der Waals surface area contributed by atoms with Crippen LogP contribution in [0.4, 0.5) is 0 Å². The Kier molecular flexibility index (Phi) is 10.2. The van der Waals surface area contributed by atoms with Gasteiger partial charge in [-0.05, 0) is 18.6 Å². The number of ether oxygens (including phenoxy) is 5. The molecule has 0 bridgehead atoms. The molecule has 0 aromatic heterocycles. The third-order valence-electron chi connectivity index (χ3n) is 6.82. The lowest BCUT2D eigenvalue weighted by Gasteiger charge is -2.53. The molecule has 39 heavy (non-hydrogen) atoms. The molecular weight excluding hydrogens is 517 g/mol. The van der Waals surface area contributed by atoms with Crippen molar-refractivity contribution in [3.63, 3.8) is 0 Å². The summed E-state index contributed by atoms with van der Waals surface area (Å²) in [5, 5.41) is 44.3. The quantitative estimate of drug-likeness (QED) is 0.127. The maximum atomic E-state index is 12.7.